The molecule has 3 nitrogen and oxygen atoms in total. The van der Waals surface area contributed by atoms with Crippen molar-refractivity contribution >= 4 is 5.97 Å². The molecule has 2 aliphatic rings. The molecule has 1 atom stereocenters. The van der Waals surface area contributed by atoms with Gasteiger partial charge in [-0.25, -0.2) is 0 Å². The lowest BCUT2D eigenvalue weighted by Crippen LogP contribution is -2.48. The van der Waals surface area contributed by atoms with Crippen molar-refractivity contribution < 1.29 is 9.90 Å². The molecule has 3 rings (SSSR count). The topological polar surface area (TPSA) is 40.5 Å². The van der Waals surface area contributed by atoms with Gasteiger partial charge in [0.1, 0.15) is 0 Å². The van der Waals surface area contributed by atoms with Gasteiger partial charge in [0.25, 0.3) is 0 Å². The molecule has 0 bridgehead atoms. The summed E-state index contributed by atoms with van der Waals surface area (Å²) >= 11 is 0. The molecule has 0 amide bonds. The molecule has 0 radical (unpaired) electrons. The quantitative estimate of drug-likeness (QED) is 0.920. The molecule has 1 aliphatic carbocycles. The van der Waals surface area contributed by atoms with Crippen LogP contribution in [0.5, 0.6) is 0 Å². The van der Waals surface area contributed by atoms with Crippen molar-refractivity contribution in [3.8, 4) is 0 Å². The Kier molecular flexibility index (Phi) is 3.79. The number of nitrogens with zero attached hydrogens (tertiary/aromatic N) is 1. The van der Waals surface area contributed by atoms with Crippen molar-refractivity contribution in [1.82, 2.24) is 4.90 Å². The van der Waals surface area contributed by atoms with Gasteiger partial charge in [0.15, 0.2) is 0 Å². The Morgan fingerprint density at radius 1 is 1.25 bits per heavy atom. The highest BCUT2D eigenvalue weighted by Gasteiger charge is 2.39. The lowest BCUT2D eigenvalue weighted by molar-refractivity contribution is -0.137. The molecule has 0 aromatic heterocycles. The van der Waals surface area contributed by atoms with Crippen LogP contribution in [0.4, 0.5) is 0 Å². The summed E-state index contributed by atoms with van der Waals surface area (Å²) in [6.45, 7) is 2.79. The second-order valence-electron chi connectivity index (χ2n) is 6.31. The standard InChI is InChI=1S/C17H23NO2/c19-16(20)8-12-18-11-4-10-17(13-18)9-3-6-14-5-1-2-7-15(14)17/h1-2,5,7H,3-4,6,8-13H2,(H,19,20). The number of hydrogen-bond acceptors (Lipinski definition) is 2. The third-order valence-electron chi connectivity index (χ3n) is 4.99. The largest absolute Gasteiger partial charge is 0.481 e. The maximum atomic E-state index is 10.8. The normalized spacial score (nSPS) is 26.4. The van der Waals surface area contributed by atoms with Gasteiger partial charge in [-0.1, -0.05) is 24.3 Å². The SMILES string of the molecule is O=C(O)CCN1CCCC2(CCCc3ccccc32)C1. The van der Waals surface area contributed by atoms with Crippen LogP contribution >= 0.6 is 0 Å². The van der Waals surface area contributed by atoms with Crippen LogP contribution in [0, 0.1) is 0 Å². The molecule has 3 heteroatoms. The van der Waals surface area contributed by atoms with E-state index in [0.29, 0.717) is 6.54 Å². The van der Waals surface area contributed by atoms with E-state index in [0.717, 1.165) is 13.1 Å². The molecule has 1 aromatic rings. The van der Waals surface area contributed by atoms with Crippen molar-refractivity contribution in [3.63, 3.8) is 0 Å². The molecule has 108 valence electrons. The maximum Gasteiger partial charge on any atom is 0.304 e. The van der Waals surface area contributed by atoms with Crippen LogP contribution in [0.25, 0.3) is 0 Å². The predicted molar refractivity (Wildman–Crippen MR) is 79.0 cm³/mol. The van der Waals surface area contributed by atoms with E-state index in [4.69, 9.17) is 5.11 Å². The van der Waals surface area contributed by atoms with E-state index in [9.17, 15) is 4.79 Å². The Morgan fingerprint density at radius 3 is 2.90 bits per heavy atom. The van der Waals surface area contributed by atoms with E-state index in [1.54, 1.807) is 0 Å². The molecule has 20 heavy (non-hydrogen) atoms. The third kappa shape index (κ3) is 2.59. The minimum absolute atomic E-state index is 0.262. The van der Waals surface area contributed by atoms with Gasteiger partial charge < -0.3 is 10.0 Å². The number of aryl methyl sites for hydroxylation is 1. The molecule has 1 fully saturated rings. The Bertz CT molecular complexity index is 500. The molecule has 1 heterocycles. The van der Waals surface area contributed by atoms with E-state index in [2.05, 4.69) is 29.2 Å². The van der Waals surface area contributed by atoms with Crippen molar-refractivity contribution in [1.29, 1.82) is 0 Å². The van der Waals surface area contributed by atoms with Gasteiger partial charge in [-0.05, 0) is 49.8 Å². The van der Waals surface area contributed by atoms with E-state index < -0.39 is 5.97 Å². The van der Waals surface area contributed by atoms with Crippen LogP contribution in [0.2, 0.25) is 0 Å². The summed E-state index contributed by atoms with van der Waals surface area (Å²) in [5.41, 5.74) is 3.33. The predicted octanol–water partition coefficient (Wildman–Crippen LogP) is 2.83. The van der Waals surface area contributed by atoms with Crippen molar-refractivity contribution in [2.75, 3.05) is 19.6 Å². The van der Waals surface area contributed by atoms with E-state index in [-0.39, 0.29) is 11.8 Å². The number of rotatable bonds is 3. The zero-order valence-corrected chi connectivity index (χ0v) is 12.0. The lowest BCUT2D eigenvalue weighted by atomic mass is 9.66. The first-order valence-electron chi connectivity index (χ1n) is 7.72. The molecule has 1 unspecified atom stereocenters. The first kappa shape index (κ1) is 13.6. The zero-order valence-electron chi connectivity index (χ0n) is 12.0. The second-order valence-corrected chi connectivity index (χ2v) is 6.31. The van der Waals surface area contributed by atoms with Gasteiger partial charge in [0, 0.05) is 18.5 Å². The van der Waals surface area contributed by atoms with Crippen LogP contribution in [0.3, 0.4) is 0 Å². The highest BCUT2D eigenvalue weighted by Crippen LogP contribution is 2.43. The van der Waals surface area contributed by atoms with Gasteiger partial charge >= 0.3 is 5.97 Å². The van der Waals surface area contributed by atoms with Crippen molar-refractivity contribution in [3.05, 3.63) is 35.4 Å². The molecule has 1 spiro atoms. The summed E-state index contributed by atoms with van der Waals surface area (Å²) in [6, 6.07) is 8.87. The summed E-state index contributed by atoms with van der Waals surface area (Å²) < 4.78 is 0. The Labute approximate surface area is 120 Å². The Hall–Kier alpha value is -1.35. The van der Waals surface area contributed by atoms with E-state index >= 15 is 0 Å². The van der Waals surface area contributed by atoms with Crippen LogP contribution in [0.15, 0.2) is 24.3 Å². The van der Waals surface area contributed by atoms with Gasteiger partial charge in [-0.15, -0.1) is 0 Å². The summed E-state index contributed by atoms with van der Waals surface area (Å²) in [5, 5.41) is 8.88. The van der Waals surface area contributed by atoms with Crippen LogP contribution in [0.1, 0.15) is 43.2 Å². The highest BCUT2D eigenvalue weighted by atomic mass is 16.4. The van der Waals surface area contributed by atoms with E-state index in [1.807, 2.05) is 0 Å². The summed E-state index contributed by atoms with van der Waals surface area (Å²) in [7, 11) is 0. The van der Waals surface area contributed by atoms with Gasteiger partial charge in [-0.2, -0.15) is 0 Å². The molecule has 0 saturated carbocycles. The zero-order chi connectivity index (χ0) is 14.0. The monoisotopic (exact) mass is 273 g/mol. The Balaban J connectivity index is 1.80. The van der Waals surface area contributed by atoms with Gasteiger partial charge in [-0.3, -0.25) is 4.79 Å². The maximum absolute atomic E-state index is 10.8. The first-order chi connectivity index (χ1) is 9.70. The molecular formula is C17H23NO2. The van der Waals surface area contributed by atoms with Crippen molar-refractivity contribution in [2.24, 2.45) is 0 Å². The smallest absolute Gasteiger partial charge is 0.304 e. The molecule has 1 aromatic carbocycles. The summed E-state index contributed by atoms with van der Waals surface area (Å²) in [4.78, 5) is 13.1. The minimum atomic E-state index is -0.686. The number of fused-ring (bicyclic) bond motifs is 2. The summed E-state index contributed by atoms with van der Waals surface area (Å²) in [5.74, 6) is -0.686. The van der Waals surface area contributed by atoms with Crippen molar-refractivity contribution in [2.45, 2.75) is 43.9 Å². The number of aliphatic carboxylic acids is 1. The van der Waals surface area contributed by atoms with E-state index in [1.165, 1.54) is 43.2 Å². The van der Waals surface area contributed by atoms with Gasteiger partial charge in [0.2, 0.25) is 0 Å². The average Bonchev–Trinajstić information content (AvgIpc) is 2.46. The fraction of sp³-hybridized carbons (Fsp3) is 0.588. The van der Waals surface area contributed by atoms with Gasteiger partial charge in [0.05, 0.1) is 6.42 Å². The molecule has 1 N–H and O–H groups in total. The van der Waals surface area contributed by atoms with Crippen LogP contribution in [-0.4, -0.2) is 35.6 Å². The number of piperidine rings is 1. The third-order valence-corrected chi connectivity index (χ3v) is 4.99. The second kappa shape index (κ2) is 5.57. The highest BCUT2D eigenvalue weighted by molar-refractivity contribution is 5.66. The van der Waals surface area contributed by atoms with Crippen LogP contribution < -0.4 is 0 Å². The first-order valence-corrected chi connectivity index (χ1v) is 7.72. The fourth-order valence-electron chi connectivity index (χ4n) is 4.10. The summed E-state index contributed by atoms with van der Waals surface area (Å²) in [6.07, 6.45) is 6.43. The van der Waals surface area contributed by atoms with Crippen LogP contribution in [-0.2, 0) is 16.6 Å². The molecular weight excluding hydrogens is 250 g/mol. The lowest BCUT2D eigenvalue weighted by Gasteiger charge is -2.46. The minimum Gasteiger partial charge on any atom is -0.481 e. The number of benzene rings is 1. The Morgan fingerprint density at radius 2 is 2.05 bits per heavy atom. The number of carboxylic acid groups (broad SMARTS) is 1. The molecule has 1 aliphatic heterocycles. The number of hydrogen-bond donors (Lipinski definition) is 1. The number of carbonyl (C=O) groups is 1. The fourth-order valence-corrected chi connectivity index (χ4v) is 4.10. The number of likely N-dealkylation sites (tertiary alicyclic amines) is 1. The number of carboxylic acids is 1. The average molecular weight is 273 g/mol. The molecule has 1 saturated heterocycles.